The van der Waals surface area contributed by atoms with Crippen molar-refractivity contribution in [2.75, 3.05) is 49.6 Å². The molecule has 0 aliphatic carbocycles. The van der Waals surface area contributed by atoms with Crippen molar-refractivity contribution < 1.29 is 14.3 Å². The molecule has 12 nitrogen and oxygen atoms in total. The number of ether oxygens (including phenoxy) is 1. The van der Waals surface area contributed by atoms with E-state index >= 15 is 0 Å². The van der Waals surface area contributed by atoms with Gasteiger partial charge in [-0.3, -0.25) is 14.3 Å². The number of anilines is 2. The molecule has 0 unspecified atom stereocenters. The predicted molar refractivity (Wildman–Crippen MR) is 150 cm³/mol. The van der Waals surface area contributed by atoms with Crippen LogP contribution in [0.1, 0.15) is 17.3 Å². The molecule has 0 spiro atoms. The van der Waals surface area contributed by atoms with Crippen LogP contribution in [0.2, 0.25) is 5.02 Å². The fourth-order valence-corrected chi connectivity index (χ4v) is 5.40. The van der Waals surface area contributed by atoms with Crippen LogP contribution in [-0.2, 0) is 16.1 Å². The molecule has 2 fully saturated rings. The number of fused-ring (bicyclic) bond motifs is 1. The molecule has 2 saturated heterocycles. The lowest BCUT2D eigenvalue weighted by Crippen LogP contribution is -2.42. The summed E-state index contributed by atoms with van der Waals surface area (Å²) in [5.41, 5.74) is 9.12. The zero-order valence-electron chi connectivity index (χ0n) is 22.0. The Morgan fingerprint density at radius 1 is 1.10 bits per heavy atom. The predicted octanol–water partition coefficient (Wildman–Crippen LogP) is 2.14. The highest BCUT2D eigenvalue weighted by molar-refractivity contribution is 6.30. The fourth-order valence-electron chi connectivity index (χ4n) is 5.29. The summed E-state index contributed by atoms with van der Waals surface area (Å²) in [6.45, 7) is 6.10. The van der Waals surface area contributed by atoms with Gasteiger partial charge < -0.3 is 25.6 Å². The van der Waals surface area contributed by atoms with Crippen molar-refractivity contribution in [1.29, 1.82) is 0 Å². The normalized spacial score (nSPS) is 19.4. The van der Waals surface area contributed by atoms with Crippen molar-refractivity contribution in [2.45, 2.75) is 19.5 Å². The molecule has 208 valence electrons. The summed E-state index contributed by atoms with van der Waals surface area (Å²) >= 11 is 6.02. The van der Waals surface area contributed by atoms with E-state index in [2.05, 4.69) is 32.3 Å². The molecule has 4 aromatic heterocycles. The van der Waals surface area contributed by atoms with Gasteiger partial charge in [-0.25, -0.2) is 9.50 Å². The summed E-state index contributed by atoms with van der Waals surface area (Å²) in [5.74, 6) is 0.567. The van der Waals surface area contributed by atoms with E-state index < -0.39 is 5.91 Å². The summed E-state index contributed by atoms with van der Waals surface area (Å²) in [7, 11) is 0. The van der Waals surface area contributed by atoms with Crippen LogP contribution in [0.4, 0.5) is 11.5 Å². The topological polar surface area (TPSA) is 136 Å². The molecular formula is C27H30ClN9O3. The Hall–Kier alpha value is -4.16. The van der Waals surface area contributed by atoms with Crippen molar-refractivity contribution in [3.8, 4) is 11.1 Å². The maximum atomic E-state index is 12.7. The smallest absolute Gasteiger partial charge is 0.252 e. The van der Waals surface area contributed by atoms with Crippen molar-refractivity contribution in [3.63, 3.8) is 0 Å². The zero-order chi connectivity index (χ0) is 27.8. The highest BCUT2D eigenvalue weighted by Crippen LogP contribution is 2.32. The molecule has 2 amide bonds. The molecule has 13 heteroatoms. The monoisotopic (exact) mass is 563 g/mol. The summed E-state index contributed by atoms with van der Waals surface area (Å²) in [4.78, 5) is 33.5. The van der Waals surface area contributed by atoms with Gasteiger partial charge in [0.2, 0.25) is 5.91 Å². The lowest BCUT2D eigenvalue weighted by Gasteiger charge is -2.26. The van der Waals surface area contributed by atoms with Crippen molar-refractivity contribution in [1.82, 2.24) is 29.3 Å². The number of carbonyl (C=O) groups excluding carboxylic acids is 2. The Kier molecular flexibility index (Phi) is 7.03. The van der Waals surface area contributed by atoms with Crippen molar-refractivity contribution >= 4 is 40.4 Å². The van der Waals surface area contributed by atoms with Gasteiger partial charge in [0.25, 0.3) is 5.91 Å². The number of hydrogen-bond donors (Lipinski definition) is 2. The minimum Gasteiger partial charge on any atom is -0.378 e. The van der Waals surface area contributed by atoms with Gasteiger partial charge in [0.15, 0.2) is 0 Å². The Morgan fingerprint density at radius 3 is 2.67 bits per heavy atom. The number of pyridine rings is 1. The maximum Gasteiger partial charge on any atom is 0.252 e. The van der Waals surface area contributed by atoms with E-state index in [1.54, 1.807) is 26.5 Å². The summed E-state index contributed by atoms with van der Waals surface area (Å²) < 4.78 is 8.69. The molecule has 2 atom stereocenters. The number of primary amides is 1. The van der Waals surface area contributed by atoms with Crippen molar-refractivity contribution in [2.24, 2.45) is 11.7 Å². The van der Waals surface area contributed by atoms with E-state index in [9.17, 15) is 9.59 Å². The van der Waals surface area contributed by atoms with E-state index in [0.29, 0.717) is 49.1 Å². The number of nitrogens with one attached hydrogen (secondary N) is 1. The van der Waals surface area contributed by atoms with E-state index in [1.165, 1.54) is 6.20 Å². The van der Waals surface area contributed by atoms with Gasteiger partial charge in [-0.1, -0.05) is 18.5 Å². The number of aromatic nitrogens is 5. The van der Waals surface area contributed by atoms with Crippen LogP contribution in [0.15, 0.2) is 49.2 Å². The largest absolute Gasteiger partial charge is 0.378 e. The van der Waals surface area contributed by atoms with Gasteiger partial charge in [-0.2, -0.15) is 10.2 Å². The highest BCUT2D eigenvalue weighted by atomic mass is 35.5. The highest BCUT2D eigenvalue weighted by Gasteiger charge is 2.32. The van der Waals surface area contributed by atoms with Gasteiger partial charge in [-0.05, 0) is 24.1 Å². The number of carbonyl (C=O) groups is 2. The quantitative estimate of drug-likeness (QED) is 0.349. The van der Waals surface area contributed by atoms with Gasteiger partial charge in [0, 0.05) is 61.9 Å². The van der Waals surface area contributed by atoms with Gasteiger partial charge >= 0.3 is 0 Å². The molecule has 0 aromatic carbocycles. The third-order valence-electron chi connectivity index (χ3n) is 7.51. The summed E-state index contributed by atoms with van der Waals surface area (Å²) in [6, 6.07) is 5.72. The minimum atomic E-state index is -0.559. The Labute approximate surface area is 235 Å². The second-order valence-electron chi connectivity index (χ2n) is 10.2. The SMILES string of the molecule is C[C@@H]1CN(c2ccc(Cl)cn2)C[C@H]1Nc1c(C(N)=O)cnn2cc(-c3cnn(CC(=O)N4CCOCC4)c3)cc12. The van der Waals surface area contributed by atoms with Crippen LogP contribution in [0.3, 0.4) is 0 Å². The molecule has 2 aliphatic rings. The van der Waals surface area contributed by atoms with Crippen molar-refractivity contribution in [3.05, 3.63) is 59.8 Å². The number of rotatable bonds is 7. The van der Waals surface area contributed by atoms with E-state index in [4.69, 9.17) is 22.1 Å². The van der Waals surface area contributed by atoms with Crippen LogP contribution in [0, 0.1) is 5.92 Å². The second kappa shape index (κ2) is 10.8. The lowest BCUT2D eigenvalue weighted by molar-refractivity contribution is -0.136. The number of morpholine rings is 1. The molecule has 3 N–H and O–H groups in total. The molecule has 6 rings (SSSR count). The van der Waals surface area contributed by atoms with E-state index in [0.717, 1.165) is 29.0 Å². The number of nitrogens with zero attached hydrogens (tertiary/aromatic N) is 7. The minimum absolute atomic E-state index is 0.00720. The van der Waals surface area contributed by atoms with Crippen LogP contribution >= 0.6 is 11.6 Å². The number of nitrogens with two attached hydrogens (primary N) is 1. The first kappa shape index (κ1) is 26.1. The molecule has 0 saturated carbocycles. The first-order valence-corrected chi connectivity index (χ1v) is 13.6. The van der Waals surface area contributed by atoms with Gasteiger partial charge in [0.1, 0.15) is 12.4 Å². The fraction of sp³-hybridized carbons (Fsp3) is 0.370. The first-order chi connectivity index (χ1) is 19.4. The maximum absolute atomic E-state index is 12.7. The average molecular weight is 564 g/mol. The molecule has 0 bridgehead atoms. The first-order valence-electron chi connectivity index (χ1n) is 13.2. The molecule has 0 radical (unpaired) electrons. The van der Waals surface area contributed by atoms with Crippen LogP contribution in [0.5, 0.6) is 0 Å². The van der Waals surface area contributed by atoms with Gasteiger partial charge in [-0.15, -0.1) is 0 Å². The Balaban J connectivity index is 1.25. The Morgan fingerprint density at radius 2 is 1.93 bits per heavy atom. The molecule has 4 aromatic rings. The zero-order valence-corrected chi connectivity index (χ0v) is 22.8. The summed E-state index contributed by atoms with van der Waals surface area (Å²) in [5, 5.41) is 13.0. The van der Waals surface area contributed by atoms with Crippen LogP contribution in [0.25, 0.3) is 16.6 Å². The van der Waals surface area contributed by atoms with E-state index in [-0.39, 0.29) is 24.4 Å². The van der Waals surface area contributed by atoms with Crippen LogP contribution in [-0.4, -0.2) is 86.5 Å². The molecule has 6 heterocycles. The Bertz CT molecular complexity index is 1540. The van der Waals surface area contributed by atoms with Crippen LogP contribution < -0.4 is 16.0 Å². The standard InChI is InChI=1S/C27H30ClN9O3/c1-17-12-35(24-3-2-20(28)10-30-24)15-22(17)33-26-21(27(29)39)11-32-37-14-18(8-23(26)37)19-9-31-36(13-19)16-25(38)34-4-6-40-7-5-34/h2-3,8-11,13-14,17,22,33H,4-7,12,15-16H2,1H3,(H2,29,39)/t17-,22-/m1/s1. The average Bonchev–Trinajstić information content (AvgIpc) is 3.68. The third kappa shape index (κ3) is 5.19. The molecule has 2 aliphatic heterocycles. The molecule has 40 heavy (non-hydrogen) atoms. The number of amides is 2. The third-order valence-corrected chi connectivity index (χ3v) is 7.73. The summed E-state index contributed by atoms with van der Waals surface area (Å²) in [6.07, 6.45) is 8.57. The number of halogens is 1. The van der Waals surface area contributed by atoms with E-state index in [1.807, 2.05) is 30.6 Å². The molecular weight excluding hydrogens is 534 g/mol. The lowest BCUT2D eigenvalue weighted by atomic mass is 10.1. The second-order valence-corrected chi connectivity index (χ2v) is 10.7. The van der Waals surface area contributed by atoms with Gasteiger partial charge in [0.05, 0.1) is 47.4 Å². The number of hydrogen-bond acceptors (Lipinski definition) is 8.